The quantitative estimate of drug-likeness (QED) is 0.726. The Morgan fingerprint density at radius 1 is 0.933 bits per heavy atom. The van der Waals surface area contributed by atoms with Gasteiger partial charge in [0.2, 0.25) is 10.0 Å². The van der Waals surface area contributed by atoms with Gasteiger partial charge in [0.1, 0.15) is 11.6 Å². The van der Waals surface area contributed by atoms with Gasteiger partial charge in [-0.05, 0) is 25.0 Å². The first-order chi connectivity index (χ1) is 14.3. The lowest BCUT2D eigenvalue weighted by Gasteiger charge is -2.34. The average molecular weight is 443 g/mol. The van der Waals surface area contributed by atoms with Gasteiger partial charge in [-0.1, -0.05) is 18.6 Å². The zero-order valence-corrected chi connectivity index (χ0v) is 17.3. The minimum absolute atomic E-state index is 0.134. The molecule has 2 aliphatic rings. The second-order valence-corrected chi connectivity index (χ2v) is 9.58. The number of hydrogen-bond donors (Lipinski definition) is 0. The summed E-state index contributed by atoms with van der Waals surface area (Å²) < 4.78 is 68.9. The summed E-state index contributed by atoms with van der Waals surface area (Å²) in [5, 5.41) is 8.58. The lowest BCUT2D eigenvalue weighted by Crippen LogP contribution is -2.48. The predicted octanol–water partition coefficient (Wildman–Crippen LogP) is 2.53. The van der Waals surface area contributed by atoms with Gasteiger partial charge >= 0.3 is 6.18 Å². The average Bonchev–Trinajstić information content (AvgIpc) is 2.94. The molecule has 0 bridgehead atoms. The van der Waals surface area contributed by atoms with Crippen molar-refractivity contribution in [2.24, 2.45) is 0 Å². The molecular formula is C19H24F3N5O2S. The van der Waals surface area contributed by atoms with Gasteiger partial charge in [0.15, 0.2) is 0 Å². The van der Waals surface area contributed by atoms with E-state index < -0.39 is 26.7 Å². The van der Waals surface area contributed by atoms with E-state index in [-0.39, 0.29) is 13.1 Å². The molecule has 0 N–H and O–H groups in total. The van der Waals surface area contributed by atoms with Crippen molar-refractivity contribution in [2.45, 2.75) is 49.8 Å². The summed E-state index contributed by atoms with van der Waals surface area (Å²) in [6.07, 6.45) is -0.454. The molecule has 2 aliphatic heterocycles. The number of benzene rings is 1. The number of halogens is 3. The predicted molar refractivity (Wildman–Crippen MR) is 103 cm³/mol. The number of rotatable bonds is 4. The van der Waals surface area contributed by atoms with E-state index in [4.69, 9.17) is 0 Å². The molecule has 0 atom stereocenters. The maximum Gasteiger partial charge on any atom is 0.417 e. The number of hydrogen-bond acceptors (Lipinski definition) is 5. The molecule has 1 aromatic heterocycles. The van der Waals surface area contributed by atoms with E-state index in [1.54, 1.807) is 0 Å². The molecule has 1 fully saturated rings. The standard InChI is InChI=1S/C19H24F3N5O2S/c20-19(21,22)15-6-3-4-7-16(15)30(28,29)26-12-10-25(11-13-26)14-18-24-23-17-8-2-1-5-9-27(17)18/h3-4,6-7H,1-2,5,8-14H2. The van der Waals surface area contributed by atoms with Crippen LogP contribution in [-0.2, 0) is 35.7 Å². The Kier molecular flexibility index (Phi) is 5.86. The van der Waals surface area contributed by atoms with E-state index >= 15 is 0 Å². The van der Waals surface area contributed by atoms with E-state index in [1.807, 2.05) is 0 Å². The third-order valence-electron chi connectivity index (χ3n) is 5.69. The highest BCUT2D eigenvalue weighted by Gasteiger charge is 2.39. The Morgan fingerprint density at radius 3 is 2.40 bits per heavy atom. The van der Waals surface area contributed by atoms with Crippen molar-refractivity contribution in [3.8, 4) is 0 Å². The van der Waals surface area contributed by atoms with E-state index in [0.29, 0.717) is 19.6 Å². The van der Waals surface area contributed by atoms with E-state index in [2.05, 4.69) is 19.7 Å². The SMILES string of the molecule is O=S(=O)(c1ccccc1C(F)(F)F)N1CCN(Cc2nnc3n2CCCCC3)CC1. The second kappa shape index (κ2) is 8.27. The van der Waals surface area contributed by atoms with Gasteiger partial charge in [0.05, 0.1) is 17.0 Å². The fourth-order valence-corrected chi connectivity index (χ4v) is 5.69. The first-order valence-electron chi connectivity index (χ1n) is 10.1. The van der Waals surface area contributed by atoms with Gasteiger partial charge in [-0.25, -0.2) is 8.42 Å². The Morgan fingerprint density at radius 2 is 1.67 bits per heavy atom. The highest BCUT2D eigenvalue weighted by molar-refractivity contribution is 7.89. The number of alkyl halides is 3. The van der Waals surface area contributed by atoms with Crippen LogP contribution in [0.15, 0.2) is 29.2 Å². The van der Waals surface area contributed by atoms with Crippen LogP contribution in [0.3, 0.4) is 0 Å². The van der Waals surface area contributed by atoms with E-state index in [0.717, 1.165) is 53.9 Å². The molecule has 0 radical (unpaired) electrons. The number of fused-ring (bicyclic) bond motifs is 1. The minimum atomic E-state index is -4.73. The van der Waals surface area contributed by atoms with Crippen LogP contribution < -0.4 is 0 Å². The Labute approximate surface area is 173 Å². The van der Waals surface area contributed by atoms with Crippen LogP contribution in [0.1, 0.15) is 36.5 Å². The largest absolute Gasteiger partial charge is 0.417 e. The molecule has 164 valence electrons. The number of piperazine rings is 1. The molecule has 0 spiro atoms. The van der Waals surface area contributed by atoms with Gasteiger partial charge < -0.3 is 4.57 Å². The fraction of sp³-hybridized carbons (Fsp3) is 0.579. The second-order valence-electron chi connectivity index (χ2n) is 7.67. The van der Waals surface area contributed by atoms with Gasteiger partial charge in [-0.2, -0.15) is 17.5 Å². The molecule has 1 saturated heterocycles. The molecule has 0 unspecified atom stereocenters. The molecule has 1 aromatic carbocycles. The van der Waals surface area contributed by atoms with Gasteiger partial charge in [0.25, 0.3) is 0 Å². The van der Waals surface area contributed by atoms with E-state index in [9.17, 15) is 21.6 Å². The maximum atomic E-state index is 13.3. The van der Waals surface area contributed by atoms with Crippen LogP contribution in [0, 0.1) is 0 Å². The molecule has 0 saturated carbocycles. The third-order valence-corrected chi connectivity index (χ3v) is 7.65. The molecule has 0 aliphatic carbocycles. The van der Waals surface area contributed by atoms with Gasteiger partial charge in [-0.3, -0.25) is 4.90 Å². The van der Waals surface area contributed by atoms with Crippen molar-refractivity contribution in [3.63, 3.8) is 0 Å². The summed E-state index contributed by atoms with van der Waals surface area (Å²) in [7, 11) is -4.23. The smallest absolute Gasteiger partial charge is 0.314 e. The van der Waals surface area contributed by atoms with Gasteiger partial charge in [-0.15, -0.1) is 10.2 Å². The number of sulfonamides is 1. The lowest BCUT2D eigenvalue weighted by molar-refractivity contribution is -0.139. The van der Waals surface area contributed by atoms with Crippen molar-refractivity contribution in [3.05, 3.63) is 41.5 Å². The molecule has 7 nitrogen and oxygen atoms in total. The normalized spacial score (nSPS) is 19.4. The number of aryl methyl sites for hydroxylation is 1. The maximum absolute atomic E-state index is 13.3. The summed E-state index contributed by atoms with van der Waals surface area (Å²) in [4.78, 5) is 1.39. The van der Waals surface area contributed by atoms with Crippen LogP contribution >= 0.6 is 0 Å². The van der Waals surface area contributed by atoms with Crippen LogP contribution in [0.25, 0.3) is 0 Å². The highest BCUT2D eigenvalue weighted by atomic mass is 32.2. The zero-order chi connectivity index (χ0) is 21.4. The molecule has 0 amide bonds. The topological polar surface area (TPSA) is 71.3 Å². The number of nitrogens with zero attached hydrogens (tertiary/aromatic N) is 5. The Bertz CT molecular complexity index is 998. The van der Waals surface area contributed by atoms with Gasteiger partial charge in [0, 0.05) is 39.1 Å². The van der Waals surface area contributed by atoms with E-state index in [1.165, 1.54) is 18.6 Å². The lowest BCUT2D eigenvalue weighted by atomic mass is 10.2. The summed E-state index contributed by atoms with van der Waals surface area (Å²) in [6.45, 7) is 2.57. The first-order valence-corrected chi connectivity index (χ1v) is 11.5. The molecule has 4 rings (SSSR count). The summed E-state index contributed by atoms with van der Waals surface area (Å²) in [6, 6.07) is 4.34. The van der Waals surface area contributed by atoms with Crippen molar-refractivity contribution < 1.29 is 21.6 Å². The van der Waals surface area contributed by atoms with Crippen LogP contribution in [-0.4, -0.2) is 58.6 Å². The van der Waals surface area contributed by atoms with Crippen molar-refractivity contribution in [2.75, 3.05) is 26.2 Å². The molecule has 2 aromatic rings. The highest BCUT2D eigenvalue weighted by Crippen LogP contribution is 2.35. The molecular weight excluding hydrogens is 419 g/mol. The third kappa shape index (κ3) is 4.23. The van der Waals surface area contributed by atoms with Crippen LogP contribution in [0.4, 0.5) is 13.2 Å². The zero-order valence-electron chi connectivity index (χ0n) is 16.5. The summed E-state index contributed by atoms with van der Waals surface area (Å²) in [5.74, 6) is 1.86. The van der Waals surface area contributed by atoms with Crippen LogP contribution in [0.5, 0.6) is 0 Å². The van der Waals surface area contributed by atoms with Crippen molar-refractivity contribution in [1.29, 1.82) is 0 Å². The summed E-state index contributed by atoms with van der Waals surface area (Å²) >= 11 is 0. The summed E-state index contributed by atoms with van der Waals surface area (Å²) in [5.41, 5.74) is -1.13. The Hall–Kier alpha value is -1.98. The van der Waals surface area contributed by atoms with Crippen LogP contribution in [0.2, 0.25) is 0 Å². The Balaban J connectivity index is 1.45. The molecule has 3 heterocycles. The first kappa shape index (κ1) is 21.3. The molecule has 30 heavy (non-hydrogen) atoms. The molecule has 11 heteroatoms. The van der Waals surface area contributed by atoms with Crippen molar-refractivity contribution >= 4 is 10.0 Å². The monoisotopic (exact) mass is 443 g/mol. The number of aromatic nitrogens is 3. The fourth-order valence-electron chi connectivity index (χ4n) is 4.06. The van der Waals surface area contributed by atoms with Crippen molar-refractivity contribution in [1.82, 2.24) is 24.0 Å². The minimum Gasteiger partial charge on any atom is -0.314 e.